The Kier molecular flexibility index (Phi) is 2.54. The van der Waals surface area contributed by atoms with E-state index in [4.69, 9.17) is 4.42 Å². The van der Waals surface area contributed by atoms with Crippen molar-refractivity contribution in [3.63, 3.8) is 0 Å². The Labute approximate surface area is 120 Å². The molecule has 2 aromatic heterocycles. The first-order valence-electron chi connectivity index (χ1n) is 6.56. The number of furan rings is 1. The number of benzene rings is 2. The smallest absolute Gasteiger partial charge is 0.248 e. The van der Waals surface area contributed by atoms with Crippen LogP contribution in [0.5, 0.6) is 0 Å². The quantitative estimate of drug-likeness (QED) is 0.524. The van der Waals surface area contributed by atoms with Gasteiger partial charge in [-0.15, -0.1) is 0 Å². The Morgan fingerprint density at radius 2 is 1.71 bits per heavy atom. The van der Waals surface area contributed by atoms with E-state index < -0.39 is 0 Å². The number of carbonyl (C=O) groups is 1. The van der Waals surface area contributed by atoms with Gasteiger partial charge in [0.1, 0.15) is 11.3 Å². The zero-order valence-electron chi connectivity index (χ0n) is 11.0. The molecular weight excluding hydrogens is 264 g/mol. The molecule has 21 heavy (non-hydrogen) atoms. The molecule has 4 nitrogen and oxygen atoms in total. The third kappa shape index (κ3) is 1.97. The van der Waals surface area contributed by atoms with Gasteiger partial charge in [0.2, 0.25) is 5.78 Å². The Morgan fingerprint density at radius 1 is 0.952 bits per heavy atom. The first-order valence-corrected chi connectivity index (χ1v) is 6.56. The predicted molar refractivity (Wildman–Crippen MR) is 79.2 cm³/mol. The summed E-state index contributed by atoms with van der Waals surface area (Å²) < 4.78 is 5.58. The highest BCUT2D eigenvalue weighted by molar-refractivity contribution is 6.08. The van der Waals surface area contributed by atoms with E-state index in [0.717, 1.165) is 10.9 Å². The van der Waals surface area contributed by atoms with Crippen LogP contribution in [0.3, 0.4) is 0 Å². The van der Waals surface area contributed by atoms with E-state index in [9.17, 15) is 4.79 Å². The molecule has 0 spiro atoms. The van der Waals surface area contributed by atoms with E-state index in [2.05, 4.69) is 9.97 Å². The molecule has 0 unspecified atom stereocenters. The maximum Gasteiger partial charge on any atom is 0.248 e. The van der Waals surface area contributed by atoms with Crippen molar-refractivity contribution >= 4 is 27.8 Å². The third-order valence-electron chi connectivity index (χ3n) is 3.33. The van der Waals surface area contributed by atoms with Crippen molar-refractivity contribution < 1.29 is 9.21 Å². The molecular formula is C17H10N2O2. The fraction of sp³-hybridized carbons (Fsp3) is 0. The molecule has 0 atom stereocenters. The van der Waals surface area contributed by atoms with Gasteiger partial charge in [-0.3, -0.25) is 9.78 Å². The van der Waals surface area contributed by atoms with Gasteiger partial charge in [0, 0.05) is 5.39 Å². The van der Waals surface area contributed by atoms with E-state index in [-0.39, 0.29) is 17.2 Å². The summed E-state index contributed by atoms with van der Waals surface area (Å²) in [4.78, 5) is 21.1. The number of carbonyl (C=O) groups excluding carboxylic acids is 1. The molecule has 0 aliphatic carbocycles. The van der Waals surface area contributed by atoms with Crippen LogP contribution in [0.1, 0.15) is 16.2 Å². The van der Waals surface area contributed by atoms with Gasteiger partial charge in [0.15, 0.2) is 5.76 Å². The topological polar surface area (TPSA) is 56.0 Å². The van der Waals surface area contributed by atoms with Crippen LogP contribution < -0.4 is 0 Å². The minimum absolute atomic E-state index is 0.260. The first-order chi connectivity index (χ1) is 10.3. The van der Waals surface area contributed by atoms with Crippen LogP contribution in [0, 0.1) is 0 Å². The SMILES string of the molecule is O=C(c1cnc2ccccc2n1)c1cc2ccccc2o1. The summed E-state index contributed by atoms with van der Waals surface area (Å²) in [5, 5.41) is 0.898. The Bertz CT molecular complexity index is 940. The van der Waals surface area contributed by atoms with Gasteiger partial charge in [-0.25, -0.2) is 4.98 Å². The number of para-hydroxylation sites is 3. The summed E-state index contributed by atoms with van der Waals surface area (Å²) in [5.41, 5.74) is 2.43. The highest BCUT2D eigenvalue weighted by atomic mass is 16.3. The number of fused-ring (bicyclic) bond motifs is 2. The number of hydrogen-bond donors (Lipinski definition) is 0. The second-order valence-electron chi connectivity index (χ2n) is 4.72. The van der Waals surface area contributed by atoms with Crippen LogP contribution in [0.2, 0.25) is 0 Å². The van der Waals surface area contributed by atoms with E-state index >= 15 is 0 Å². The van der Waals surface area contributed by atoms with Crippen LogP contribution in [0.4, 0.5) is 0 Å². The molecule has 100 valence electrons. The van der Waals surface area contributed by atoms with Gasteiger partial charge in [-0.1, -0.05) is 30.3 Å². The number of nitrogens with zero attached hydrogens (tertiary/aromatic N) is 2. The molecule has 0 saturated heterocycles. The second-order valence-corrected chi connectivity index (χ2v) is 4.72. The average Bonchev–Trinajstić information content (AvgIpc) is 2.97. The maximum absolute atomic E-state index is 12.5. The Balaban J connectivity index is 1.81. The lowest BCUT2D eigenvalue weighted by molar-refractivity contribution is 0.101. The lowest BCUT2D eigenvalue weighted by Crippen LogP contribution is -2.03. The molecule has 0 saturated carbocycles. The van der Waals surface area contributed by atoms with Crippen molar-refractivity contribution in [1.29, 1.82) is 0 Å². The van der Waals surface area contributed by atoms with Crippen molar-refractivity contribution in [3.8, 4) is 0 Å². The largest absolute Gasteiger partial charge is 0.453 e. The van der Waals surface area contributed by atoms with Crippen molar-refractivity contribution in [2.75, 3.05) is 0 Å². The monoisotopic (exact) mass is 274 g/mol. The second kappa shape index (κ2) is 4.52. The van der Waals surface area contributed by atoms with Crippen LogP contribution in [-0.4, -0.2) is 15.8 Å². The van der Waals surface area contributed by atoms with Gasteiger partial charge >= 0.3 is 0 Å². The highest BCUT2D eigenvalue weighted by Gasteiger charge is 2.16. The maximum atomic E-state index is 12.5. The van der Waals surface area contributed by atoms with Crippen molar-refractivity contribution in [1.82, 2.24) is 9.97 Å². The van der Waals surface area contributed by atoms with E-state index in [0.29, 0.717) is 11.1 Å². The van der Waals surface area contributed by atoms with Gasteiger partial charge in [-0.2, -0.15) is 0 Å². The van der Waals surface area contributed by atoms with Gasteiger partial charge < -0.3 is 4.42 Å². The summed E-state index contributed by atoms with van der Waals surface area (Å²) in [5.74, 6) is 0.0187. The van der Waals surface area contributed by atoms with E-state index in [1.807, 2.05) is 48.5 Å². The Hall–Kier alpha value is -3.01. The number of ketones is 1. The standard InChI is InChI=1S/C17H10N2O2/c20-17(16-9-11-5-1-4-8-15(11)21-16)14-10-18-12-6-2-3-7-13(12)19-14/h1-10H. The Morgan fingerprint density at radius 3 is 2.57 bits per heavy atom. The summed E-state index contributed by atoms with van der Waals surface area (Å²) in [7, 11) is 0. The number of hydrogen-bond acceptors (Lipinski definition) is 4. The molecule has 0 N–H and O–H groups in total. The zero-order valence-corrected chi connectivity index (χ0v) is 11.0. The number of rotatable bonds is 2. The van der Waals surface area contributed by atoms with Crippen LogP contribution in [0.15, 0.2) is 65.2 Å². The van der Waals surface area contributed by atoms with Crippen LogP contribution in [0.25, 0.3) is 22.0 Å². The zero-order chi connectivity index (χ0) is 14.2. The van der Waals surface area contributed by atoms with Gasteiger partial charge in [-0.05, 0) is 24.3 Å². The average molecular weight is 274 g/mol. The lowest BCUT2D eigenvalue weighted by atomic mass is 10.2. The lowest BCUT2D eigenvalue weighted by Gasteiger charge is -1.99. The molecule has 0 bridgehead atoms. The molecule has 4 aromatic rings. The molecule has 4 heteroatoms. The van der Waals surface area contributed by atoms with Crippen molar-refractivity contribution in [2.45, 2.75) is 0 Å². The normalized spacial score (nSPS) is 11.0. The molecule has 0 fully saturated rings. The van der Waals surface area contributed by atoms with E-state index in [1.54, 1.807) is 6.07 Å². The minimum Gasteiger partial charge on any atom is -0.453 e. The summed E-state index contributed by atoms with van der Waals surface area (Å²) in [6.07, 6.45) is 1.48. The fourth-order valence-corrected chi connectivity index (χ4v) is 2.29. The predicted octanol–water partition coefficient (Wildman–Crippen LogP) is 3.61. The van der Waals surface area contributed by atoms with Gasteiger partial charge in [0.25, 0.3) is 0 Å². The molecule has 0 aliphatic heterocycles. The summed E-state index contributed by atoms with van der Waals surface area (Å²) in [6, 6.07) is 16.7. The molecule has 4 rings (SSSR count). The molecule has 2 heterocycles. The van der Waals surface area contributed by atoms with Crippen LogP contribution in [-0.2, 0) is 0 Å². The van der Waals surface area contributed by atoms with Crippen molar-refractivity contribution in [2.24, 2.45) is 0 Å². The van der Waals surface area contributed by atoms with Crippen molar-refractivity contribution in [3.05, 3.63) is 72.2 Å². The molecule has 0 aliphatic rings. The molecule has 2 aromatic carbocycles. The van der Waals surface area contributed by atoms with Crippen LogP contribution >= 0.6 is 0 Å². The third-order valence-corrected chi connectivity index (χ3v) is 3.33. The summed E-state index contributed by atoms with van der Waals surface area (Å²) >= 11 is 0. The summed E-state index contributed by atoms with van der Waals surface area (Å²) in [6.45, 7) is 0. The van der Waals surface area contributed by atoms with Gasteiger partial charge in [0.05, 0.1) is 17.2 Å². The highest BCUT2D eigenvalue weighted by Crippen LogP contribution is 2.21. The molecule has 0 radical (unpaired) electrons. The molecule has 0 amide bonds. The fourth-order valence-electron chi connectivity index (χ4n) is 2.29. The van der Waals surface area contributed by atoms with E-state index in [1.165, 1.54) is 6.20 Å². The minimum atomic E-state index is -0.260. The first kappa shape index (κ1) is 11.8. The number of aromatic nitrogens is 2.